The molecule has 5 rings (SSSR count). The van der Waals surface area contributed by atoms with Gasteiger partial charge in [0.25, 0.3) is 5.56 Å². The predicted molar refractivity (Wildman–Crippen MR) is 118 cm³/mol. The summed E-state index contributed by atoms with van der Waals surface area (Å²) < 4.78 is 7.94. The first-order valence-corrected chi connectivity index (χ1v) is 10.5. The third-order valence-corrected chi connectivity index (χ3v) is 6.15. The monoisotopic (exact) mass is 464 g/mol. The molecule has 0 aliphatic carbocycles. The number of thiophene rings is 1. The standard InChI is InChI=1S/C22H13BrN2O3S/c23-15-7-5-13(6-8-15)16-11-29-21-20(16)22(27)25(12-24-21)10-17(26)19-9-14-3-1-2-4-18(14)28-19/h1-9,11-12H,10H2. The highest BCUT2D eigenvalue weighted by Crippen LogP contribution is 2.31. The fourth-order valence-corrected chi connectivity index (χ4v) is 4.44. The minimum Gasteiger partial charge on any atom is -0.453 e. The molecule has 142 valence electrons. The molecule has 0 bridgehead atoms. The summed E-state index contributed by atoms with van der Waals surface area (Å²) in [7, 11) is 0. The third kappa shape index (κ3) is 3.22. The number of halogens is 1. The summed E-state index contributed by atoms with van der Waals surface area (Å²) in [6.45, 7) is -0.128. The van der Waals surface area contributed by atoms with Crippen molar-refractivity contribution in [3.05, 3.63) is 86.9 Å². The minimum atomic E-state index is -0.273. The van der Waals surface area contributed by atoms with Crippen LogP contribution in [0.25, 0.3) is 32.3 Å². The molecular weight excluding hydrogens is 452 g/mol. The lowest BCUT2D eigenvalue weighted by Gasteiger charge is -2.05. The van der Waals surface area contributed by atoms with Crippen LogP contribution >= 0.6 is 27.3 Å². The summed E-state index contributed by atoms with van der Waals surface area (Å²) in [4.78, 5) is 30.9. The molecule has 3 aromatic heterocycles. The van der Waals surface area contributed by atoms with E-state index in [0.717, 1.165) is 21.0 Å². The van der Waals surface area contributed by atoms with Crippen molar-refractivity contribution < 1.29 is 9.21 Å². The number of carbonyl (C=O) groups excluding carboxylic acids is 1. The Morgan fingerprint density at radius 2 is 1.93 bits per heavy atom. The first-order chi connectivity index (χ1) is 14.1. The molecule has 0 aliphatic heterocycles. The lowest BCUT2D eigenvalue weighted by atomic mass is 10.1. The van der Waals surface area contributed by atoms with Crippen molar-refractivity contribution in [3.63, 3.8) is 0 Å². The van der Waals surface area contributed by atoms with Gasteiger partial charge in [-0.05, 0) is 29.8 Å². The smallest absolute Gasteiger partial charge is 0.263 e. The van der Waals surface area contributed by atoms with E-state index in [9.17, 15) is 9.59 Å². The summed E-state index contributed by atoms with van der Waals surface area (Å²) >= 11 is 4.84. The van der Waals surface area contributed by atoms with Gasteiger partial charge in [0.05, 0.1) is 18.3 Å². The van der Waals surface area contributed by atoms with E-state index < -0.39 is 0 Å². The van der Waals surface area contributed by atoms with Crippen LogP contribution in [-0.4, -0.2) is 15.3 Å². The van der Waals surface area contributed by atoms with Gasteiger partial charge in [-0.3, -0.25) is 14.2 Å². The maximum atomic E-state index is 13.1. The van der Waals surface area contributed by atoms with Gasteiger partial charge in [0.2, 0.25) is 5.78 Å². The SMILES string of the molecule is O=C(Cn1cnc2scc(-c3ccc(Br)cc3)c2c1=O)c1cc2ccccc2o1. The van der Waals surface area contributed by atoms with E-state index in [1.807, 2.05) is 53.9 Å². The molecule has 0 radical (unpaired) electrons. The van der Waals surface area contributed by atoms with Crippen molar-refractivity contribution in [2.45, 2.75) is 6.54 Å². The number of carbonyl (C=O) groups is 1. The van der Waals surface area contributed by atoms with Crippen molar-refractivity contribution in [2.75, 3.05) is 0 Å². The van der Waals surface area contributed by atoms with Crippen molar-refractivity contribution in [1.29, 1.82) is 0 Å². The zero-order valence-electron chi connectivity index (χ0n) is 15.0. The second-order valence-electron chi connectivity index (χ2n) is 6.59. The van der Waals surface area contributed by atoms with Crippen LogP contribution in [0.2, 0.25) is 0 Å². The average molecular weight is 465 g/mol. The summed E-state index contributed by atoms with van der Waals surface area (Å²) in [5, 5.41) is 3.30. The van der Waals surface area contributed by atoms with Crippen molar-refractivity contribution in [3.8, 4) is 11.1 Å². The second-order valence-corrected chi connectivity index (χ2v) is 8.36. The average Bonchev–Trinajstić information content (AvgIpc) is 3.35. The van der Waals surface area contributed by atoms with E-state index in [-0.39, 0.29) is 23.6 Å². The number of furan rings is 1. The van der Waals surface area contributed by atoms with E-state index >= 15 is 0 Å². The number of benzene rings is 2. The number of hydrogen-bond donors (Lipinski definition) is 0. The Labute approximate surface area is 177 Å². The van der Waals surface area contributed by atoms with E-state index in [2.05, 4.69) is 20.9 Å². The maximum absolute atomic E-state index is 13.1. The Morgan fingerprint density at radius 1 is 1.14 bits per heavy atom. The molecule has 5 nitrogen and oxygen atoms in total. The minimum absolute atomic E-state index is 0.128. The molecule has 0 saturated carbocycles. The van der Waals surface area contributed by atoms with Crippen LogP contribution in [0.1, 0.15) is 10.6 Å². The number of ketones is 1. The Hall–Kier alpha value is -3.03. The highest BCUT2D eigenvalue weighted by Gasteiger charge is 2.17. The lowest BCUT2D eigenvalue weighted by Crippen LogP contribution is -2.24. The fourth-order valence-electron chi connectivity index (χ4n) is 3.27. The molecule has 0 fully saturated rings. The van der Waals surface area contributed by atoms with Gasteiger partial charge in [0.1, 0.15) is 10.4 Å². The Kier molecular flexibility index (Phi) is 4.41. The molecule has 2 aromatic carbocycles. The molecule has 0 amide bonds. The number of fused-ring (bicyclic) bond motifs is 2. The summed E-state index contributed by atoms with van der Waals surface area (Å²) in [6, 6.07) is 16.9. The van der Waals surface area contributed by atoms with Crippen LogP contribution < -0.4 is 5.56 Å². The first kappa shape index (κ1) is 18.0. The number of aromatic nitrogens is 2. The topological polar surface area (TPSA) is 65.1 Å². The van der Waals surface area contributed by atoms with Crippen molar-refractivity contribution >= 4 is 54.2 Å². The van der Waals surface area contributed by atoms with Crippen LogP contribution in [0.5, 0.6) is 0 Å². The van der Waals surface area contributed by atoms with Crippen molar-refractivity contribution in [1.82, 2.24) is 9.55 Å². The van der Waals surface area contributed by atoms with Gasteiger partial charge in [-0.1, -0.05) is 46.3 Å². The summed E-state index contributed by atoms with van der Waals surface area (Å²) in [5.74, 6) is -0.0403. The quantitative estimate of drug-likeness (QED) is 0.328. The lowest BCUT2D eigenvalue weighted by molar-refractivity contribution is 0.0945. The molecular formula is C22H13BrN2O3S. The number of Topliss-reactive ketones (excluding diaryl/α,β-unsaturated/α-hetero) is 1. The molecule has 5 aromatic rings. The summed E-state index contributed by atoms with van der Waals surface area (Å²) in [5.41, 5.74) is 2.16. The molecule has 29 heavy (non-hydrogen) atoms. The largest absolute Gasteiger partial charge is 0.453 e. The van der Waals surface area contributed by atoms with Gasteiger partial charge in [-0.25, -0.2) is 4.98 Å². The van der Waals surface area contributed by atoms with Gasteiger partial charge >= 0.3 is 0 Å². The predicted octanol–water partition coefficient (Wildman–Crippen LogP) is 5.52. The molecule has 0 atom stereocenters. The van der Waals surface area contributed by atoms with Crippen LogP contribution in [0.3, 0.4) is 0 Å². The molecule has 0 unspecified atom stereocenters. The van der Waals surface area contributed by atoms with E-state index in [0.29, 0.717) is 15.8 Å². The Balaban J connectivity index is 1.54. The molecule has 0 saturated heterocycles. The summed E-state index contributed by atoms with van der Waals surface area (Å²) in [6.07, 6.45) is 1.42. The van der Waals surface area contributed by atoms with Crippen LogP contribution in [0.4, 0.5) is 0 Å². The number of hydrogen-bond acceptors (Lipinski definition) is 5. The van der Waals surface area contributed by atoms with Gasteiger partial charge in [0, 0.05) is 20.8 Å². The third-order valence-electron chi connectivity index (χ3n) is 4.73. The van der Waals surface area contributed by atoms with E-state index in [1.165, 1.54) is 22.2 Å². The highest BCUT2D eigenvalue weighted by atomic mass is 79.9. The molecule has 7 heteroatoms. The van der Waals surface area contributed by atoms with Gasteiger partial charge in [-0.15, -0.1) is 11.3 Å². The zero-order valence-corrected chi connectivity index (χ0v) is 17.4. The van der Waals surface area contributed by atoms with Crippen molar-refractivity contribution in [2.24, 2.45) is 0 Å². The normalized spacial score (nSPS) is 11.3. The maximum Gasteiger partial charge on any atom is 0.263 e. The van der Waals surface area contributed by atoms with Gasteiger partial charge in [0.15, 0.2) is 5.76 Å². The van der Waals surface area contributed by atoms with Gasteiger partial charge in [-0.2, -0.15) is 0 Å². The van der Waals surface area contributed by atoms with Crippen LogP contribution in [0, 0.1) is 0 Å². The number of nitrogens with zero attached hydrogens (tertiary/aromatic N) is 2. The molecule has 0 aliphatic rings. The number of para-hydroxylation sites is 1. The Bertz CT molecular complexity index is 1400. The fraction of sp³-hybridized carbons (Fsp3) is 0.0455. The highest BCUT2D eigenvalue weighted by molar-refractivity contribution is 9.10. The van der Waals surface area contributed by atoms with E-state index in [4.69, 9.17) is 4.42 Å². The second kappa shape index (κ2) is 7.09. The molecule has 0 spiro atoms. The first-order valence-electron chi connectivity index (χ1n) is 8.84. The molecule has 0 N–H and O–H groups in total. The van der Waals surface area contributed by atoms with Gasteiger partial charge < -0.3 is 4.42 Å². The van der Waals surface area contributed by atoms with Crippen LogP contribution in [-0.2, 0) is 6.54 Å². The van der Waals surface area contributed by atoms with Crippen LogP contribution in [0.15, 0.2) is 80.0 Å². The van der Waals surface area contributed by atoms with E-state index in [1.54, 1.807) is 6.07 Å². The molecule has 3 heterocycles. The Morgan fingerprint density at radius 3 is 2.72 bits per heavy atom. The number of rotatable bonds is 4. The zero-order chi connectivity index (χ0) is 20.0.